The van der Waals surface area contributed by atoms with Crippen molar-refractivity contribution < 1.29 is 4.39 Å². The number of hydrogen-bond acceptors (Lipinski definition) is 5. The van der Waals surface area contributed by atoms with Crippen LogP contribution >= 0.6 is 0 Å². The van der Waals surface area contributed by atoms with E-state index in [1.165, 1.54) is 6.07 Å². The van der Waals surface area contributed by atoms with Crippen LogP contribution in [-0.2, 0) is 7.05 Å². The Balaban J connectivity index is 1.51. The summed E-state index contributed by atoms with van der Waals surface area (Å²) in [6, 6.07) is 14.4. The molecule has 0 unspecified atom stereocenters. The number of nitrogens with one attached hydrogen (secondary N) is 2. The van der Waals surface area contributed by atoms with Crippen molar-refractivity contribution in [1.82, 2.24) is 24.7 Å². The lowest BCUT2D eigenvalue weighted by Gasteiger charge is -2.13. The van der Waals surface area contributed by atoms with E-state index in [1.54, 1.807) is 29.9 Å². The molecule has 0 spiro atoms. The number of halogens is 1. The Morgan fingerprint density at radius 2 is 1.82 bits per heavy atom. The molecule has 33 heavy (non-hydrogen) atoms. The van der Waals surface area contributed by atoms with Crippen LogP contribution in [0.1, 0.15) is 11.3 Å². The van der Waals surface area contributed by atoms with E-state index in [2.05, 4.69) is 25.5 Å². The second-order valence-electron chi connectivity index (χ2n) is 7.99. The van der Waals surface area contributed by atoms with Crippen LogP contribution in [0.2, 0.25) is 0 Å². The lowest BCUT2D eigenvalue weighted by Crippen LogP contribution is -2.19. The number of anilines is 2. The van der Waals surface area contributed by atoms with Crippen LogP contribution in [0.25, 0.3) is 33.4 Å². The lowest BCUT2D eigenvalue weighted by atomic mass is 9.99. The van der Waals surface area contributed by atoms with Gasteiger partial charge in [0.1, 0.15) is 5.82 Å². The normalized spacial score (nSPS) is 11.2. The van der Waals surface area contributed by atoms with Gasteiger partial charge in [0.15, 0.2) is 5.82 Å². The van der Waals surface area contributed by atoms with Crippen LogP contribution in [0.4, 0.5) is 15.9 Å². The van der Waals surface area contributed by atoms with Gasteiger partial charge in [-0.2, -0.15) is 5.10 Å². The Labute approximate surface area is 189 Å². The van der Waals surface area contributed by atoms with Gasteiger partial charge in [0.05, 0.1) is 23.1 Å². The molecule has 0 atom stereocenters. The number of aromatic nitrogens is 5. The topological polar surface area (TPSA) is 88.5 Å². The first kappa shape index (κ1) is 20.6. The summed E-state index contributed by atoms with van der Waals surface area (Å²) in [7, 11) is 1.78. The average molecular weight is 440 g/mol. The van der Waals surface area contributed by atoms with Crippen LogP contribution in [-0.4, -0.2) is 24.7 Å². The summed E-state index contributed by atoms with van der Waals surface area (Å²) in [6.45, 7) is 3.88. The smallest absolute Gasteiger partial charge is 0.258 e. The van der Waals surface area contributed by atoms with Crippen molar-refractivity contribution in [2.75, 3.05) is 5.32 Å². The van der Waals surface area contributed by atoms with Gasteiger partial charge in [0.25, 0.3) is 5.56 Å². The summed E-state index contributed by atoms with van der Waals surface area (Å²) in [6.07, 6.45) is 2.95. The molecule has 0 aliphatic rings. The van der Waals surface area contributed by atoms with E-state index in [9.17, 15) is 9.18 Å². The van der Waals surface area contributed by atoms with E-state index < -0.39 is 5.82 Å². The first-order chi connectivity index (χ1) is 15.9. The minimum atomic E-state index is -0.394. The number of benzene rings is 1. The highest BCUT2D eigenvalue weighted by atomic mass is 19.1. The number of fused-ring (bicyclic) bond motifs is 1. The molecule has 5 rings (SSSR count). The molecule has 0 radical (unpaired) electrons. The Morgan fingerprint density at radius 1 is 0.970 bits per heavy atom. The average Bonchev–Trinajstić information content (AvgIpc) is 3.27. The van der Waals surface area contributed by atoms with Crippen molar-refractivity contribution in [2.24, 2.45) is 7.05 Å². The minimum Gasteiger partial charge on any atom is -0.339 e. The monoisotopic (exact) mass is 440 g/mol. The van der Waals surface area contributed by atoms with Gasteiger partial charge in [-0.05, 0) is 61.4 Å². The molecule has 4 heterocycles. The molecule has 164 valence electrons. The van der Waals surface area contributed by atoms with Gasteiger partial charge >= 0.3 is 0 Å². The number of rotatable bonds is 4. The first-order valence-corrected chi connectivity index (χ1v) is 10.4. The molecule has 5 aromatic rings. The molecule has 0 saturated carbocycles. The highest BCUT2D eigenvalue weighted by Gasteiger charge is 2.13. The second-order valence-corrected chi connectivity index (χ2v) is 7.99. The Hall–Kier alpha value is -4.33. The standard InChI is InChI=1S/C25H21FN6O/c1-14-4-6-18(29-24-11-22(30-31-24)21-7-5-17(26)13-28-21)10-19(14)20-9-16-12-27-15(2)8-23(16)32(3)25(20)33/h4-13H,1-3H3,(H2,29,30,31). The Morgan fingerprint density at radius 3 is 2.61 bits per heavy atom. The Kier molecular flexibility index (Phi) is 4.97. The molecule has 1 aromatic carbocycles. The van der Waals surface area contributed by atoms with E-state index in [0.717, 1.165) is 39.6 Å². The van der Waals surface area contributed by atoms with Crippen molar-refractivity contribution in [1.29, 1.82) is 0 Å². The second kappa shape index (κ2) is 7.98. The van der Waals surface area contributed by atoms with Crippen LogP contribution in [0.3, 0.4) is 0 Å². The molecule has 0 amide bonds. The van der Waals surface area contributed by atoms with Crippen LogP contribution in [0.5, 0.6) is 0 Å². The van der Waals surface area contributed by atoms with E-state index in [4.69, 9.17) is 0 Å². The molecular weight excluding hydrogens is 419 g/mol. The third kappa shape index (κ3) is 3.87. The van der Waals surface area contributed by atoms with Gasteiger partial charge in [-0.3, -0.25) is 19.9 Å². The van der Waals surface area contributed by atoms with Crippen LogP contribution in [0.15, 0.2) is 65.7 Å². The largest absolute Gasteiger partial charge is 0.339 e. The maximum atomic E-state index is 13.2. The maximum absolute atomic E-state index is 13.2. The van der Waals surface area contributed by atoms with Crippen molar-refractivity contribution in [3.8, 4) is 22.5 Å². The molecule has 8 heteroatoms. The van der Waals surface area contributed by atoms with Crippen LogP contribution in [0, 0.1) is 19.7 Å². The summed E-state index contributed by atoms with van der Waals surface area (Å²) in [5, 5.41) is 11.3. The maximum Gasteiger partial charge on any atom is 0.258 e. The summed E-state index contributed by atoms with van der Waals surface area (Å²) in [4.78, 5) is 21.6. The third-order valence-electron chi connectivity index (χ3n) is 5.63. The molecule has 0 aliphatic heterocycles. The van der Waals surface area contributed by atoms with Crippen LogP contribution < -0.4 is 10.9 Å². The first-order valence-electron chi connectivity index (χ1n) is 10.4. The van der Waals surface area contributed by atoms with Gasteiger partial charge in [0, 0.05) is 41.6 Å². The van der Waals surface area contributed by atoms with E-state index in [1.807, 2.05) is 44.2 Å². The summed E-state index contributed by atoms with van der Waals surface area (Å²) in [5.74, 6) is 0.187. The highest BCUT2D eigenvalue weighted by Crippen LogP contribution is 2.28. The highest BCUT2D eigenvalue weighted by molar-refractivity contribution is 5.85. The predicted molar refractivity (Wildman–Crippen MR) is 127 cm³/mol. The van der Waals surface area contributed by atoms with E-state index in [0.29, 0.717) is 22.8 Å². The molecule has 0 aliphatic carbocycles. The van der Waals surface area contributed by atoms with Crippen molar-refractivity contribution in [2.45, 2.75) is 13.8 Å². The molecule has 4 aromatic heterocycles. The van der Waals surface area contributed by atoms with Gasteiger partial charge in [-0.25, -0.2) is 4.39 Å². The molecule has 7 nitrogen and oxygen atoms in total. The zero-order valence-electron chi connectivity index (χ0n) is 18.3. The van der Waals surface area contributed by atoms with Gasteiger partial charge < -0.3 is 9.88 Å². The van der Waals surface area contributed by atoms with Gasteiger partial charge in [-0.1, -0.05) is 6.07 Å². The van der Waals surface area contributed by atoms with Gasteiger partial charge in [-0.15, -0.1) is 0 Å². The fourth-order valence-corrected chi connectivity index (χ4v) is 3.85. The number of hydrogen-bond donors (Lipinski definition) is 2. The zero-order valence-corrected chi connectivity index (χ0v) is 18.3. The van der Waals surface area contributed by atoms with E-state index in [-0.39, 0.29) is 5.56 Å². The number of aryl methyl sites for hydroxylation is 3. The number of nitrogens with zero attached hydrogens (tertiary/aromatic N) is 4. The predicted octanol–water partition coefficient (Wildman–Crippen LogP) is 4.89. The fourth-order valence-electron chi connectivity index (χ4n) is 3.85. The molecular formula is C25H21FN6O. The minimum absolute atomic E-state index is 0.0715. The molecule has 0 fully saturated rings. The molecule has 2 N–H and O–H groups in total. The van der Waals surface area contributed by atoms with Crippen molar-refractivity contribution >= 4 is 22.4 Å². The summed E-state index contributed by atoms with van der Waals surface area (Å²) < 4.78 is 14.8. The van der Waals surface area contributed by atoms with Crippen molar-refractivity contribution in [3.63, 3.8) is 0 Å². The summed E-state index contributed by atoms with van der Waals surface area (Å²) in [5.41, 5.74) is 6.09. The quantitative estimate of drug-likeness (QED) is 0.416. The molecule has 0 bridgehead atoms. The third-order valence-corrected chi connectivity index (χ3v) is 5.63. The SMILES string of the molecule is Cc1cc2c(cn1)cc(-c1cc(Nc3cc(-c4ccc(F)cn4)[nH]n3)ccc1C)c(=O)n2C. The Bertz CT molecular complexity index is 1550. The summed E-state index contributed by atoms with van der Waals surface area (Å²) >= 11 is 0. The zero-order chi connectivity index (χ0) is 23.1. The number of aromatic amines is 1. The molecule has 0 saturated heterocycles. The number of H-pyrrole nitrogens is 1. The van der Waals surface area contributed by atoms with E-state index >= 15 is 0 Å². The number of pyridine rings is 3. The fraction of sp³-hybridized carbons (Fsp3) is 0.120. The van der Waals surface area contributed by atoms with Gasteiger partial charge in [0.2, 0.25) is 0 Å². The van der Waals surface area contributed by atoms with Crippen molar-refractivity contribution in [3.05, 3.63) is 88.4 Å². The lowest BCUT2D eigenvalue weighted by molar-refractivity contribution is 0.622.